The summed E-state index contributed by atoms with van der Waals surface area (Å²) in [6.45, 7) is 2.16. The average molecular weight is 322 g/mol. The molecule has 2 aliphatic rings. The van der Waals surface area contributed by atoms with Gasteiger partial charge in [-0.2, -0.15) is 0 Å². The molecule has 0 N–H and O–H groups in total. The molecule has 0 atom stereocenters. The molecular weight excluding hydrogens is 304 g/mol. The van der Waals surface area contributed by atoms with Crippen molar-refractivity contribution in [1.29, 1.82) is 0 Å². The van der Waals surface area contributed by atoms with Gasteiger partial charge < -0.3 is 4.74 Å². The van der Waals surface area contributed by atoms with Gasteiger partial charge in [0.05, 0.1) is 17.7 Å². The van der Waals surface area contributed by atoms with Crippen LogP contribution < -0.4 is 4.74 Å². The van der Waals surface area contributed by atoms with E-state index in [0.717, 1.165) is 24.0 Å². The lowest BCUT2D eigenvalue weighted by Gasteiger charge is -2.26. The fourth-order valence-electron chi connectivity index (χ4n) is 3.04. The van der Waals surface area contributed by atoms with Crippen LogP contribution in [0, 0.1) is 6.92 Å². The number of fused-ring (bicyclic) bond motifs is 1. The minimum Gasteiger partial charge on any atom is -0.474 e. The lowest BCUT2D eigenvalue weighted by atomic mass is 9.96. The number of aromatic nitrogens is 1. The number of hydrogen-bond acceptors (Lipinski definition) is 4. The summed E-state index contributed by atoms with van der Waals surface area (Å²) in [6, 6.07) is 8.85. The van der Waals surface area contributed by atoms with Crippen molar-refractivity contribution in [1.82, 2.24) is 9.88 Å². The summed E-state index contributed by atoms with van der Waals surface area (Å²) in [5, 5.41) is 0. The lowest BCUT2D eigenvalue weighted by Crippen LogP contribution is -2.29. The molecule has 1 saturated carbocycles. The van der Waals surface area contributed by atoms with Crippen LogP contribution in [0.4, 0.5) is 0 Å². The Morgan fingerprint density at radius 1 is 1.17 bits per heavy atom. The molecule has 2 aromatic rings. The zero-order valence-corrected chi connectivity index (χ0v) is 13.5. The maximum Gasteiger partial charge on any atom is 0.261 e. The molecule has 0 radical (unpaired) electrons. The Labute approximate surface area is 140 Å². The number of benzene rings is 1. The molecule has 1 aliphatic heterocycles. The van der Waals surface area contributed by atoms with Gasteiger partial charge in [0.15, 0.2) is 0 Å². The Balaban J connectivity index is 1.52. The van der Waals surface area contributed by atoms with Crippen LogP contribution in [-0.4, -0.2) is 27.8 Å². The monoisotopic (exact) mass is 322 g/mol. The highest BCUT2D eigenvalue weighted by molar-refractivity contribution is 6.21. The summed E-state index contributed by atoms with van der Waals surface area (Å²) in [5.41, 5.74) is 2.69. The van der Waals surface area contributed by atoms with Gasteiger partial charge in [-0.25, -0.2) is 4.98 Å². The van der Waals surface area contributed by atoms with E-state index in [-0.39, 0.29) is 24.5 Å². The van der Waals surface area contributed by atoms with Crippen LogP contribution >= 0.6 is 0 Å². The standard InChI is InChI=1S/C19H18N2O3/c1-12-9-13(10-20-17(12)24-14-5-4-6-14)11-21-18(22)15-7-2-3-8-16(15)19(21)23/h2-3,7-10,14H,4-6,11H2,1H3. The van der Waals surface area contributed by atoms with E-state index in [1.807, 2.05) is 13.0 Å². The van der Waals surface area contributed by atoms with Crippen LogP contribution in [0.25, 0.3) is 0 Å². The molecule has 24 heavy (non-hydrogen) atoms. The summed E-state index contributed by atoms with van der Waals surface area (Å²) in [5.74, 6) is 0.150. The third-order valence-electron chi connectivity index (χ3n) is 4.64. The summed E-state index contributed by atoms with van der Waals surface area (Å²) in [4.78, 5) is 30.5. The third-order valence-corrected chi connectivity index (χ3v) is 4.64. The van der Waals surface area contributed by atoms with E-state index in [9.17, 15) is 9.59 Å². The van der Waals surface area contributed by atoms with Gasteiger partial charge in [0.1, 0.15) is 6.10 Å². The largest absolute Gasteiger partial charge is 0.474 e. The Hall–Kier alpha value is -2.69. The summed E-state index contributed by atoms with van der Waals surface area (Å²) < 4.78 is 5.84. The van der Waals surface area contributed by atoms with Gasteiger partial charge in [-0.1, -0.05) is 12.1 Å². The topological polar surface area (TPSA) is 59.5 Å². The first-order valence-electron chi connectivity index (χ1n) is 8.21. The van der Waals surface area contributed by atoms with Crippen molar-refractivity contribution >= 4 is 11.8 Å². The number of carbonyl (C=O) groups excluding carboxylic acids is 2. The fourth-order valence-corrected chi connectivity index (χ4v) is 3.04. The van der Waals surface area contributed by atoms with Gasteiger partial charge in [-0.15, -0.1) is 0 Å². The number of carbonyl (C=O) groups is 2. The predicted octanol–water partition coefficient (Wildman–Crippen LogP) is 3.12. The van der Waals surface area contributed by atoms with E-state index < -0.39 is 0 Å². The maximum atomic E-state index is 12.4. The second-order valence-electron chi connectivity index (χ2n) is 6.38. The van der Waals surface area contributed by atoms with Crippen molar-refractivity contribution in [3.8, 4) is 5.88 Å². The minimum atomic E-state index is -0.247. The van der Waals surface area contributed by atoms with Crippen LogP contribution in [0.3, 0.4) is 0 Å². The molecule has 5 nitrogen and oxygen atoms in total. The van der Waals surface area contributed by atoms with Gasteiger partial charge in [0, 0.05) is 11.8 Å². The van der Waals surface area contributed by atoms with E-state index in [1.54, 1.807) is 30.5 Å². The van der Waals surface area contributed by atoms with Gasteiger partial charge in [0.2, 0.25) is 5.88 Å². The molecule has 2 heterocycles. The van der Waals surface area contributed by atoms with Crippen LogP contribution in [0.2, 0.25) is 0 Å². The number of nitrogens with zero attached hydrogens (tertiary/aromatic N) is 2. The van der Waals surface area contributed by atoms with Crippen molar-refractivity contribution in [2.75, 3.05) is 0 Å². The lowest BCUT2D eigenvalue weighted by molar-refractivity contribution is 0.0642. The van der Waals surface area contributed by atoms with Crippen LogP contribution in [0.5, 0.6) is 5.88 Å². The van der Waals surface area contributed by atoms with E-state index in [4.69, 9.17) is 4.74 Å². The SMILES string of the molecule is Cc1cc(CN2C(=O)c3ccccc3C2=O)cnc1OC1CCC1. The summed E-state index contributed by atoms with van der Waals surface area (Å²) in [6.07, 6.45) is 5.33. The molecule has 1 aromatic heterocycles. The summed E-state index contributed by atoms with van der Waals surface area (Å²) in [7, 11) is 0. The highest BCUT2D eigenvalue weighted by Gasteiger charge is 2.35. The van der Waals surface area contributed by atoms with Gasteiger partial charge in [-0.05, 0) is 49.9 Å². The molecule has 122 valence electrons. The molecule has 5 heteroatoms. The number of imide groups is 1. The Bertz CT molecular complexity index is 792. The Morgan fingerprint density at radius 3 is 2.38 bits per heavy atom. The minimum absolute atomic E-state index is 0.226. The first-order chi connectivity index (χ1) is 11.6. The van der Waals surface area contributed by atoms with Crippen molar-refractivity contribution in [3.05, 3.63) is 58.8 Å². The second-order valence-corrected chi connectivity index (χ2v) is 6.38. The number of pyridine rings is 1. The van der Waals surface area contributed by atoms with Crippen LogP contribution in [0.1, 0.15) is 51.1 Å². The predicted molar refractivity (Wildman–Crippen MR) is 87.9 cm³/mol. The first-order valence-corrected chi connectivity index (χ1v) is 8.21. The molecule has 0 spiro atoms. The molecule has 1 fully saturated rings. The highest BCUT2D eigenvalue weighted by Crippen LogP contribution is 2.28. The third kappa shape index (κ3) is 2.46. The van der Waals surface area contributed by atoms with E-state index in [2.05, 4.69) is 4.98 Å². The second kappa shape index (κ2) is 5.74. The Kier molecular flexibility index (Phi) is 3.56. The number of ether oxygens (including phenoxy) is 1. The Morgan fingerprint density at radius 2 is 1.83 bits per heavy atom. The van der Waals surface area contributed by atoms with Crippen LogP contribution in [0.15, 0.2) is 36.5 Å². The van der Waals surface area contributed by atoms with E-state index >= 15 is 0 Å². The van der Waals surface area contributed by atoms with E-state index in [1.165, 1.54) is 11.3 Å². The number of hydrogen-bond donors (Lipinski definition) is 0. The highest BCUT2D eigenvalue weighted by atomic mass is 16.5. The molecule has 4 rings (SSSR count). The van der Waals surface area contributed by atoms with Gasteiger partial charge >= 0.3 is 0 Å². The normalized spacial score (nSPS) is 17.0. The van der Waals surface area contributed by atoms with Crippen molar-refractivity contribution in [2.24, 2.45) is 0 Å². The number of amides is 2. The molecule has 0 bridgehead atoms. The number of rotatable bonds is 4. The molecule has 1 aromatic carbocycles. The molecule has 0 saturated heterocycles. The van der Waals surface area contributed by atoms with Crippen molar-refractivity contribution < 1.29 is 14.3 Å². The first kappa shape index (κ1) is 14.9. The van der Waals surface area contributed by atoms with E-state index in [0.29, 0.717) is 17.0 Å². The van der Waals surface area contributed by atoms with Gasteiger partial charge in [0.25, 0.3) is 11.8 Å². The quantitative estimate of drug-likeness (QED) is 0.812. The van der Waals surface area contributed by atoms with Gasteiger partial charge in [-0.3, -0.25) is 14.5 Å². The van der Waals surface area contributed by atoms with Crippen molar-refractivity contribution in [2.45, 2.75) is 38.8 Å². The molecule has 0 unspecified atom stereocenters. The average Bonchev–Trinajstić information content (AvgIpc) is 2.78. The molecule has 1 aliphatic carbocycles. The number of aryl methyl sites for hydroxylation is 1. The fraction of sp³-hybridized carbons (Fsp3) is 0.316. The smallest absolute Gasteiger partial charge is 0.261 e. The zero-order valence-electron chi connectivity index (χ0n) is 13.5. The maximum absolute atomic E-state index is 12.4. The van der Waals surface area contributed by atoms with Crippen LogP contribution in [-0.2, 0) is 6.54 Å². The zero-order chi connectivity index (χ0) is 16.7. The molecule has 2 amide bonds. The van der Waals surface area contributed by atoms with Crippen molar-refractivity contribution in [3.63, 3.8) is 0 Å². The molecular formula is C19H18N2O3. The summed E-state index contributed by atoms with van der Waals surface area (Å²) >= 11 is 0.